The normalized spacial score (nSPS) is 10.6. The Labute approximate surface area is 170 Å². The van der Waals surface area contributed by atoms with Crippen molar-refractivity contribution in [1.82, 2.24) is 15.5 Å². The van der Waals surface area contributed by atoms with Crippen LogP contribution in [0.3, 0.4) is 0 Å². The first-order chi connectivity index (χ1) is 13.0. The monoisotopic (exact) mass is 423 g/mol. The van der Waals surface area contributed by atoms with E-state index in [1.807, 2.05) is 24.3 Å². The fourth-order valence-electron chi connectivity index (χ4n) is 2.15. The molecule has 3 aromatic rings. The van der Waals surface area contributed by atoms with Gasteiger partial charge < -0.3 is 14.5 Å². The Hall–Kier alpha value is -2.22. The van der Waals surface area contributed by atoms with Crippen molar-refractivity contribution in [2.24, 2.45) is 0 Å². The summed E-state index contributed by atoms with van der Waals surface area (Å²) in [6.07, 6.45) is 0. The number of hydrogen-bond donors (Lipinski definition) is 1. The van der Waals surface area contributed by atoms with Crippen LogP contribution in [0.2, 0.25) is 10.0 Å². The first-order valence-corrected chi connectivity index (χ1v) is 9.60. The van der Waals surface area contributed by atoms with Gasteiger partial charge in [0.1, 0.15) is 5.75 Å². The topological polar surface area (TPSA) is 77.2 Å². The molecule has 9 heteroatoms. The second kappa shape index (κ2) is 9.12. The van der Waals surface area contributed by atoms with Gasteiger partial charge in [0.2, 0.25) is 11.8 Å². The number of hydrogen-bond acceptors (Lipinski definition) is 6. The van der Waals surface area contributed by atoms with Crippen LogP contribution in [0.1, 0.15) is 5.56 Å². The molecule has 2 aromatic carbocycles. The van der Waals surface area contributed by atoms with Crippen molar-refractivity contribution < 1.29 is 13.9 Å². The third-order valence-corrected chi connectivity index (χ3v) is 5.10. The maximum atomic E-state index is 12.0. The van der Waals surface area contributed by atoms with Gasteiger partial charge in [-0.3, -0.25) is 4.79 Å². The first kappa shape index (κ1) is 19.5. The lowest BCUT2D eigenvalue weighted by Crippen LogP contribution is -2.24. The fraction of sp³-hybridized carbons (Fsp3) is 0.167. The summed E-state index contributed by atoms with van der Waals surface area (Å²) >= 11 is 13.0. The zero-order valence-electron chi connectivity index (χ0n) is 14.2. The number of ether oxygens (including phenoxy) is 1. The first-order valence-electron chi connectivity index (χ1n) is 7.86. The van der Waals surface area contributed by atoms with Crippen LogP contribution in [-0.4, -0.2) is 29.0 Å². The molecule has 1 heterocycles. The van der Waals surface area contributed by atoms with E-state index in [4.69, 9.17) is 32.4 Å². The van der Waals surface area contributed by atoms with E-state index in [1.165, 1.54) is 11.8 Å². The fourth-order valence-corrected chi connectivity index (χ4v) is 3.06. The molecular formula is C18H15Cl2N3O3S. The Morgan fingerprint density at radius 2 is 1.93 bits per heavy atom. The predicted octanol–water partition coefficient (Wildman–Crippen LogP) is 4.46. The van der Waals surface area contributed by atoms with Gasteiger partial charge in [-0.05, 0) is 42.0 Å². The minimum atomic E-state index is -0.157. The Bertz CT molecular complexity index is 932. The Balaban J connectivity index is 1.50. The van der Waals surface area contributed by atoms with Crippen LogP contribution in [0.25, 0.3) is 11.5 Å². The second-order valence-corrected chi connectivity index (χ2v) is 7.16. The van der Waals surface area contributed by atoms with Gasteiger partial charge in [-0.1, -0.05) is 41.0 Å². The predicted molar refractivity (Wildman–Crippen MR) is 105 cm³/mol. The number of methoxy groups -OCH3 is 1. The molecule has 1 N–H and O–H groups in total. The summed E-state index contributed by atoms with van der Waals surface area (Å²) < 4.78 is 10.7. The molecule has 3 rings (SSSR count). The lowest BCUT2D eigenvalue weighted by atomic mass is 10.2. The average molecular weight is 424 g/mol. The Morgan fingerprint density at radius 1 is 1.15 bits per heavy atom. The number of nitrogens with zero attached hydrogens (tertiary/aromatic N) is 2. The Morgan fingerprint density at radius 3 is 2.63 bits per heavy atom. The van der Waals surface area contributed by atoms with Crippen molar-refractivity contribution in [3.05, 3.63) is 58.1 Å². The number of thioether (sulfide) groups is 1. The lowest BCUT2D eigenvalue weighted by Gasteiger charge is -2.05. The van der Waals surface area contributed by atoms with Crippen LogP contribution >= 0.6 is 35.0 Å². The third kappa shape index (κ3) is 5.38. The number of halogens is 2. The highest BCUT2D eigenvalue weighted by molar-refractivity contribution is 7.99. The number of amides is 1. The van der Waals surface area contributed by atoms with Crippen LogP contribution in [0, 0.1) is 0 Å². The van der Waals surface area contributed by atoms with Gasteiger partial charge in [-0.15, -0.1) is 10.2 Å². The van der Waals surface area contributed by atoms with E-state index in [9.17, 15) is 4.79 Å². The quantitative estimate of drug-likeness (QED) is 0.565. The number of benzene rings is 2. The zero-order chi connectivity index (χ0) is 19.2. The van der Waals surface area contributed by atoms with Gasteiger partial charge in [-0.2, -0.15) is 0 Å². The summed E-state index contributed by atoms with van der Waals surface area (Å²) in [6, 6.07) is 12.5. The third-order valence-electron chi connectivity index (χ3n) is 3.54. The van der Waals surface area contributed by atoms with Crippen molar-refractivity contribution >= 4 is 40.9 Å². The zero-order valence-corrected chi connectivity index (χ0v) is 16.6. The van der Waals surface area contributed by atoms with Crippen molar-refractivity contribution in [2.75, 3.05) is 12.9 Å². The molecule has 0 aliphatic carbocycles. The molecular weight excluding hydrogens is 409 g/mol. The van der Waals surface area contributed by atoms with E-state index in [-0.39, 0.29) is 11.7 Å². The molecule has 0 spiro atoms. The second-order valence-electron chi connectivity index (χ2n) is 5.42. The molecule has 0 unspecified atom stereocenters. The molecule has 1 aromatic heterocycles. The molecule has 0 atom stereocenters. The number of carbonyl (C=O) groups excluding carboxylic acids is 1. The minimum Gasteiger partial charge on any atom is -0.497 e. The maximum absolute atomic E-state index is 12.0. The van der Waals surface area contributed by atoms with E-state index in [0.29, 0.717) is 27.7 Å². The van der Waals surface area contributed by atoms with Crippen LogP contribution in [0.4, 0.5) is 0 Å². The standard InChI is InChI=1S/C18H15Cl2N3O3S/c1-25-13-5-3-12(4-6-13)17-22-23-18(26-17)27-10-16(24)21-9-11-2-7-14(19)15(20)8-11/h2-8H,9-10H2,1H3,(H,21,24). The minimum absolute atomic E-state index is 0.157. The number of carbonyl (C=O) groups is 1. The highest BCUT2D eigenvalue weighted by Gasteiger charge is 2.11. The van der Waals surface area contributed by atoms with Crippen LogP contribution < -0.4 is 10.1 Å². The van der Waals surface area contributed by atoms with Gasteiger partial charge >= 0.3 is 0 Å². The number of nitrogens with one attached hydrogen (secondary N) is 1. The molecule has 6 nitrogen and oxygen atoms in total. The summed E-state index contributed by atoms with van der Waals surface area (Å²) in [7, 11) is 1.60. The molecule has 0 aliphatic rings. The summed E-state index contributed by atoms with van der Waals surface area (Å²) in [6.45, 7) is 0.358. The number of aromatic nitrogens is 2. The van der Waals surface area contributed by atoms with Crippen molar-refractivity contribution in [1.29, 1.82) is 0 Å². The summed E-state index contributed by atoms with van der Waals surface area (Å²) in [4.78, 5) is 12.0. The molecule has 27 heavy (non-hydrogen) atoms. The van der Waals surface area contributed by atoms with Crippen molar-refractivity contribution in [3.63, 3.8) is 0 Å². The van der Waals surface area contributed by atoms with E-state index in [0.717, 1.165) is 16.9 Å². The van der Waals surface area contributed by atoms with Crippen molar-refractivity contribution in [2.45, 2.75) is 11.8 Å². The van der Waals surface area contributed by atoms with E-state index >= 15 is 0 Å². The largest absolute Gasteiger partial charge is 0.497 e. The highest BCUT2D eigenvalue weighted by atomic mass is 35.5. The van der Waals surface area contributed by atoms with Crippen LogP contribution in [-0.2, 0) is 11.3 Å². The molecule has 0 fully saturated rings. The summed E-state index contributed by atoms with van der Waals surface area (Å²) in [5.41, 5.74) is 1.64. The molecule has 1 amide bonds. The molecule has 0 saturated heterocycles. The van der Waals surface area contributed by atoms with Gasteiger partial charge in [0.05, 0.1) is 22.9 Å². The summed E-state index contributed by atoms with van der Waals surface area (Å²) in [5, 5.41) is 12.0. The SMILES string of the molecule is COc1ccc(-c2nnc(SCC(=O)NCc3ccc(Cl)c(Cl)c3)o2)cc1. The average Bonchev–Trinajstić information content (AvgIpc) is 3.16. The van der Waals surface area contributed by atoms with Gasteiger partial charge in [0.15, 0.2) is 0 Å². The maximum Gasteiger partial charge on any atom is 0.277 e. The highest BCUT2D eigenvalue weighted by Crippen LogP contribution is 2.25. The van der Waals surface area contributed by atoms with E-state index in [2.05, 4.69) is 15.5 Å². The molecule has 140 valence electrons. The molecule has 0 bridgehead atoms. The van der Waals surface area contributed by atoms with Gasteiger partial charge in [0, 0.05) is 12.1 Å². The van der Waals surface area contributed by atoms with Crippen LogP contribution in [0.15, 0.2) is 52.1 Å². The van der Waals surface area contributed by atoms with E-state index < -0.39 is 0 Å². The molecule has 0 radical (unpaired) electrons. The Kier molecular flexibility index (Phi) is 6.60. The number of rotatable bonds is 7. The van der Waals surface area contributed by atoms with E-state index in [1.54, 1.807) is 25.3 Å². The van der Waals surface area contributed by atoms with Gasteiger partial charge in [-0.25, -0.2) is 0 Å². The molecule has 0 saturated carbocycles. The molecule has 0 aliphatic heterocycles. The van der Waals surface area contributed by atoms with Crippen molar-refractivity contribution in [3.8, 4) is 17.2 Å². The van der Waals surface area contributed by atoms with Gasteiger partial charge in [0.25, 0.3) is 5.22 Å². The smallest absolute Gasteiger partial charge is 0.277 e. The van der Waals surface area contributed by atoms with Crippen LogP contribution in [0.5, 0.6) is 5.75 Å². The summed E-state index contributed by atoms with van der Waals surface area (Å²) in [5.74, 6) is 1.13. The lowest BCUT2D eigenvalue weighted by molar-refractivity contribution is -0.118.